The van der Waals surface area contributed by atoms with Crippen molar-refractivity contribution in [2.45, 2.75) is 0 Å². The summed E-state index contributed by atoms with van der Waals surface area (Å²) in [4.78, 5) is 0. The quantitative estimate of drug-likeness (QED) is 0.519. The molecule has 1 rings (SSSR count). The molecule has 1 aromatic carbocycles. The third-order valence-corrected chi connectivity index (χ3v) is 2.47. The van der Waals surface area contributed by atoms with Gasteiger partial charge in [-0.05, 0) is 17.3 Å². The molecule has 5 nitrogen and oxygen atoms in total. The first-order chi connectivity index (χ1) is 7.31. The Hall–Kier alpha value is -0.980. The summed E-state index contributed by atoms with van der Waals surface area (Å²) in [6.07, 6.45) is 0.845. The summed E-state index contributed by atoms with van der Waals surface area (Å²) in [5.74, 6) is -0.207. The molecule has 0 heterocycles. The van der Waals surface area contributed by atoms with Crippen molar-refractivity contribution in [1.29, 1.82) is 0 Å². The van der Waals surface area contributed by atoms with Crippen molar-refractivity contribution in [2.75, 3.05) is 6.26 Å². The van der Waals surface area contributed by atoms with Gasteiger partial charge in [0.05, 0.1) is 21.9 Å². The second-order valence-corrected chi connectivity index (χ2v) is 5.22. The number of halogens is 2. The monoisotopic (exact) mass is 282 g/mol. The van der Waals surface area contributed by atoms with Gasteiger partial charge < -0.3 is 5.73 Å². The van der Waals surface area contributed by atoms with Crippen molar-refractivity contribution in [3.05, 3.63) is 33.8 Å². The van der Waals surface area contributed by atoms with Crippen molar-refractivity contribution >= 4 is 39.2 Å². The van der Waals surface area contributed by atoms with Crippen LogP contribution in [-0.4, -0.2) is 20.5 Å². The molecule has 0 saturated carbocycles. The minimum Gasteiger partial charge on any atom is -0.380 e. The summed E-state index contributed by atoms with van der Waals surface area (Å²) in [5.41, 5.74) is 5.73. The zero-order chi connectivity index (χ0) is 12.3. The SMILES string of the molecule is CS(=O)(=O)O/N=C(\N)c1c(Cl)cccc1Cl. The van der Waals surface area contributed by atoms with Crippen LogP contribution >= 0.6 is 23.2 Å². The molecule has 0 fully saturated rings. The number of oxime groups is 1. The third-order valence-electron chi connectivity index (χ3n) is 1.49. The number of nitrogens with zero attached hydrogens (tertiary/aromatic N) is 1. The van der Waals surface area contributed by atoms with Gasteiger partial charge in [-0.3, -0.25) is 4.28 Å². The summed E-state index contributed by atoms with van der Waals surface area (Å²) in [7, 11) is -3.71. The highest BCUT2D eigenvalue weighted by Gasteiger charge is 2.11. The van der Waals surface area contributed by atoms with Gasteiger partial charge in [0.15, 0.2) is 5.84 Å². The maximum atomic E-state index is 10.7. The van der Waals surface area contributed by atoms with Gasteiger partial charge in [0, 0.05) is 0 Å². The van der Waals surface area contributed by atoms with Crippen LogP contribution in [-0.2, 0) is 14.4 Å². The molecule has 8 heteroatoms. The summed E-state index contributed by atoms with van der Waals surface area (Å²) in [6.45, 7) is 0. The van der Waals surface area contributed by atoms with E-state index < -0.39 is 10.1 Å². The van der Waals surface area contributed by atoms with Gasteiger partial charge in [-0.2, -0.15) is 8.42 Å². The molecule has 0 saturated heterocycles. The lowest BCUT2D eigenvalue weighted by Gasteiger charge is -2.04. The number of amidine groups is 1. The van der Waals surface area contributed by atoms with E-state index in [9.17, 15) is 8.42 Å². The van der Waals surface area contributed by atoms with Gasteiger partial charge >= 0.3 is 10.1 Å². The molecular weight excluding hydrogens is 275 g/mol. The number of rotatable bonds is 3. The average Bonchev–Trinajstić information content (AvgIpc) is 2.13. The Morgan fingerprint density at radius 2 is 1.88 bits per heavy atom. The Balaban J connectivity index is 3.10. The topological polar surface area (TPSA) is 81.8 Å². The Labute approximate surface area is 103 Å². The predicted octanol–water partition coefficient (Wildman–Crippen LogP) is 1.59. The normalized spacial score (nSPS) is 12.6. The van der Waals surface area contributed by atoms with Crippen LogP contribution in [0.25, 0.3) is 0 Å². The molecule has 0 amide bonds. The molecule has 0 aromatic heterocycles. The van der Waals surface area contributed by atoms with Gasteiger partial charge in [0.1, 0.15) is 0 Å². The van der Waals surface area contributed by atoms with Gasteiger partial charge in [0.25, 0.3) is 0 Å². The fourth-order valence-corrected chi connectivity index (χ4v) is 1.70. The van der Waals surface area contributed by atoms with Gasteiger partial charge in [-0.15, -0.1) is 0 Å². The van der Waals surface area contributed by atoms with Crippen LogP contribution in [0.4, 0.5) is 0 Å². The second kappa shape index (κ2) is 4.90. The first-order valence-electron chi connectivity index (χ1n) is 3.98. The molecule has 0 unspecified atom stereocenters. The molecule has 0 aliphatic heterocycles. The van der Waals surface area contributed by atoms with Crippen LogP contribution in [0.5, 0.6) is 0 Å². The number of nitrogens with two attached hydrogens (primary N) is 1. The van der Waals surface area contributed by atoms with Gasteiger partial charge in [-0.1, -0.05) is 29.3 Å². The maximum Gasteiger partial charge on any atom is 0.325 e. The first kappa shape index (κ1) is 13.1. The largest absolute Gasteiger partial charge is 0.380 e. The molecule has 88 valence electrons. The van der Waals surface area contributed by atoms with Crippen molar-refractivity contribution in [2.24, 2.45) is 10.9 Å². The summed E-state index contributed by atoms with van der Waals surface area (Å²) in [5, 5.41) is 3.74. The number of hydrogen-bond acceptors (Lipinski definition) is 4. The minimum atomic E-state index is -3.71. The molecule has 0 aliphatic carbocycles. The predicted molar refractivity (Wildman–Crippen MR) is 63.1 cm³/mol. The Morgan fingerprint density at radius 1 is 1.38 bits per heavy atom. The summed E-state index contributed by atoms with van der Waals surface area (Å²) < 4.78 is 25.5. The summed E-state index contributed by atoms with van der Waals surface area (Å²) in [6, 6.07) is 4.72. The number of hydrogen-bond donors (Lipinski definition) is 1. The van der Waals surface area contributed by atoms with Crippen LogP contribution in [0.3, 0.4) is 0 Å². The van der Waals surface area contributed by atoms with Gasteiger partial charge in [0.2, 0.25) is 0 Å². The molecule has 1 aromatic rings. The standard InChI is InChI=1S/C8H8Cl2N2O3S/c1-16(13,14)15-12-8(11)7-5(9)3-2-4-6(7)10/h2-4H,1H3,(H2,11,12). The number of benzene rings is 1. The zero-order valence-electron chi connectivity index (χ0n) is 8.15. The fourth-order valence-electron chi connectivity index (χ4n) is 0.896. The van der Waals surface area contributed by atoms with E-state index in [2.05, 4.69) is 9.44 Å². The molecule has 16 heavy (non-hydrogen) atoms. The van der Waals surface area contributed by atoms with Crippen LogP contribution in [0.1, 0.15) is 5.56 Å². The molecular formula is C8H8Cl2N2O3S. The molecule has 0 spiro atoms. The van der Waals surface area contributed by atoms with Crippen molar-refractivity contribution in [3.8, 4) is 0 Å². The highest BCUT2D eigenvalue weighted by Crippen LogP contribution is 2.23. The smallest absolute Gasteiger partial charge is 0.325 e. The Morgan fingerprint density at radius 3 is 2.31 bits per heavy atom. The second-order valence-electron chi connectivity index (χ2n) is 2.85. The third kappa shape index (κ3) is 3.55. The van der Waals surface area contributed by atoms with E-state index in [1.165, 1.54) is 0 Å². The van der Waals surface area contributed by atoms with E-state index in [0.29, 0.717) is 0 Å². The van der Waals surface area contributed by atoms with E-state index in [0.717, 1.165) is 6.26 Å². The van der Waals surface area contributed by atoms with Crippen molar-refractivity contribution in [3.63, 3.8) is 0 Å². The highest BCUT2D eigenvalue weighted by molar-refractivity contribution is 7.85. The highest BCUT2D eigenvalue weighted by atomic mass is 35.5. The lowest BCUT2D eigenvalue weighted by atomic mass is 10.2. The van der Waals surface area contributed by atoms with E-state index in [1.807, 2.05) is 0 Å². The fraction of sp³-hybridized carbons (Fsp3) is 0.125. The molecule has 0 atom stereocenters. The molecule has 0 radical (unpaired) electrons. The zero-order valence-corrected chi connectivity index (χ0v) is 10.5. The van der Waals surface area contributed by atoms with Crippen LogP contribution in [0.15, 0.2) is 23.4 Å². The van der Waals surface area contributed by atoms with E-state index >= 15 is 0 Å². The van der Waals surface area contributed by atoms with Crippen LogP contribution < -0.4 is 5.73 Å². The van der Waals surface area contributed by atoms with Crippen LogP contribution in [0.2, 0.25) is 10.0 Å². The van der Waals surface area contributed by atoms with Crippen molar-refractivity contribution < 1.29 is 12.7 Å². The molecule has 0 bridgehead atoms. The Bertz CT molecular complexity index is 508. The van der Waals surface area contributed by atoms with E-state index in [1.54, 1.807) is 18.2 Å². The molecule has 2 N–H and O–H groups in total. The van der Waals surface area contributed by atoms with E-state index in [-0.39, 0.29) is 21.4 Å². The van der Waals surface area contributed by atoms with Crippen molar-refractivity contribution in [1.82, 2.24) is 0 Å². The maximum absolute atomic E-state index is 10.7. The summed E-state index contributed by atoms with van der Waals surface area (Å²) >= 11 is 11.6. The van der Waals surface area contributed by atoms with E-state index in [4.69, 9.17) is 28.9 Å². The first-order valence-corrected chi connectivity index (χ1v) is 6.55. The average molecular weight is 283 g/mol. The van der Waals surface area contributed by atoms with Crippen LogP contribution in [0, 0.1) is 0 Å². The Kier molecular flexibility index (Phi) is 4.01. The molecule has 0 aliphatic rings. The van der Waals surface area contributed by atoms with Gasteiger partial charge in [-0.25, -0.2) is 0 Å². The lowest BCUT2D eigenvalue weighted by molar-refractivity contribution is 0.342. The lowest BCUT2D eigenvalue weighted by Crippen LogP contribution is -2.16. The minimum absolute atomic E-state index is 0.207.